The molecule has 37 heavy (non-hydrogen) atoms. The molecule has 0 radical (unpaired) electrons. The van der Waals surface area contributed by atoms with Crippen LogP contribution in [0.25, 0.3) is 32.9 Å². The molecule has 8 nitrogen and oxygen atoms in total. The van der Waals surface area contributed by atoms with Crippen LogP contribution in [0.5, 0.6) is 0 Å². The van der Waals surface area contributed by atoms with Crippen LogP contribution in [0, 0.1) is 6.92 Å². The number of carbonyl (C=O) groups is 1. The van der Waals surface area contributed by atoms with Gasteiger partial charge in [-0.15, -0.1) is 10.2 Å². The zero-order valence-corrected chi connectivity index (χ0v) is 22.2. The summed E-state index contributed by atoms with van der Waals surface area (Å²) in [7, 11) is 0. The largest absolute Gasteiger partial charge is 0.457 e. The number of nitrogens with one attached hydrogen (secondary N) is 2. The first-order chi connectivity index (χ1) is 17.9. The van der Waals surface area contributed by atoms with Crippen LogP contribution < -0.4 is 10.6 Å². The van der Waals surface area contributed by atoms with Crippen molar-refractivity contribution in [2.75, 3.05) is 5.32 Å². The number of thiocarbonyl (C=S) groups is 1. The fourth-order valence-corrected chi connectivity index (χ4v) is 4.75. The molecule has 0 aliphatic heterocycles. The van der Waals surface area contributed by atoms with E-state index in [1.165, 1.54) is 17.4 Å². The van der Waals surface area contributed by atoms with Gasteiger partial charge in [-0.1, -0.05) is 42.0 Å². The van der Waals surface area contributed by atoms with E-state index in [4.69, 9.17) is 28.2 Å². The monoisotopic (exact) mass is 548 g/mol. The zero-order chi connectivity index (χ0) is 25.9. The van der Waals surface area contributed by atoms with Crippen molar-refractivity contribution in [3.63, 3.8) is 0 Å². The van der Waals surface area contributed by atoms with Crippen LogP contribution >= 0.6 is 35.2 Å². The standard InChI is InChI=1S/C26H21ClN6O2S2/c1-3-22-30-31-26-33(22)32-24(37-26)17-5-4-15(2)20(14-17)28-25(36)29-23(34)13-11-19-10-12-21(35-19)16-6-8-18(27)9-7-16/h4-14H,3H2,1-2H3,(H2,28,29,34,36). The van der Waals surface area contributed by atoms with Gasteiger partial charge in [0.15, 0.2) is 10.9 Å². The van der Waals surface area contributed by atoms with Crippen molar-refractivity contribution in [2.24, 2.45) is 0 Å². The van der Waals surface area contributed by atoms with Gasteiger partial charge in [0.1, 0.15) is 16.5 Å². The minimum absolute atomic E-state index is 0.183. The summed E-state index contributed by atoms with van der Waals surface area (Å²) in [4.78, 5) is 13.2. The summed E-state index contributed by atoms with van der Waals surface area (Å²) in [6, 6.07) is 16.9. The smallest absolute Gasteiger partial charge is 0.250 e. The highest BCUT2D eigenvalue weighted by Crippen LogP contribution is 2.29. The van der Waals surface area contributed by atoms with Crippen molar-refractivity contribution in [1.82, 2.24) is 25.1 Å². The maximum atomic E-state index is 12.4. The lowest BCUT2D eigenvalue weighted by atomic mass is 10.1. The lowest BCUT2D eigenvalue weighted by Crippen LogP contribution is -2.33. The Morgan fingerprint density at radius 3 is 2.70 bits per heavy atom. The molecule has 11 heteroatoms. The van der Waals surface area contributed by atoms with Gasteiger partial charge in [0.25, 0.3) is 0 Å². The molecule has 5 rings (SSSR count). The molecule has 2 aromatic carbocycles. The van der Waals surface area contributed by atoms with Gasteiger partial charge in [0.2, 0.25) is 10.9 Å². The van der Waals surface area contributed by atoms with E-state index in [9.17, 15) is 4.79 Å². The number of aromatic nitrogens is 4. The Morgan fingerprint density at radius 2 is 1.92 bits per heavy atom. The Labute approximate surface area is 227 Å². The predicted octanol–water partition coefficient (Wildman–Crippen LogP) is 6.16. The van der Waals surface area contributed by atoms with E-state index in [2.05, 4.69) is 25.9 Å². The fraction of sp³-hybridized carbons (Fsp3) is 0.115. The average Bonchev–Trinajstić information content (AvgIpc) is 3.61. The van der Waals surface area contributed by atoms with Crippen molar-refractivity contribution in [3.8, 4) is 21.9 Å². The Bertz CT molecular complexity index is 1630. The van der Waals surface area contributed by atoms with Crippen LogP contribution in [0.3, 0.4) is 0 Å². The number of carbonyl (C=O) groups excluding carboxylic acids is 1. The van der Waals surface area contributed by atoms with E-state index in [1.54, 1.807) is 28.8 Å². The van der Waals surface area contributed by atoms with Gasteiger partial charge in [-0.2, -0.15) is 9.61 Å². The van der Waals surface area contributed by atoms with Crippen molar-refractivity contribution in [2.45, 2.75) is 20.3 Å². The van der Waals surface area contributed by atoms with Crippen molar-refractivity contribution >= 4 is 62.9 Å². The molecule has 0 aliphatic rings. The predicted molar refractivity (Wildman–Crippen MR) is 151 cm³/mol. The number of furan rings is 1. The van der Waals surface area contributed by atoms with E-state index in [0.717, 1.165) is 44.6 Å². The number of nitrogens with zero attached hydrogens (tertiary/aromatic N) is 4. The normalized spacial score (nSPS) is 11.3. The topological polar surface area (TPSA) is 97.3 Å². The summed E-state index contributed by atoms with van der Waals surface area (Å²) < 4.78 is 7.55. The molecule has 0 saturated carbocycles. The fourth-order valence-electron chi connectivity index (χ4n) is 3.56. The second kappa shape index (κ2) is 10.6. The third-order valence-corrected chi connectivity index (χ3v) is 6.90. The second-order valence-corrected chi connectivity index (χ2v) is 9.89. The van der Waals surface area contributed by atoms with Gasteiger partial charge in [0, 0.05) is 34.3 Å². The first kappa shape index (κ1) is 24.8. The summed E-state index contributed by atoms with van der Waals surface area (Å²) in [5.74, 6) is 1.66. The molecule has 0 bridgehead atoms. The Morgan fingerprint density at radius 1 is 1.14 bits per heavy atom. The average molecular weight is 549 g/mol. The molecule has 1 amide bonds. The summed E-state index contributed by atoms with van der Waals surface area (Å²) in [6.45, 7) is 3.97. The minimum Gasteiger partial charge on any atom is -0.457 e. The van der Waals surface area contributed by atoms with Gasteiger partial charge < -0.3 is 9.73 Å². The highest BCUT2D eigenvalue weighted by atomic mass is 35.5. The number of anilines is 1. The quantitative estimate of drug-likeness (QED) is 0.193. The molecular weight excluding hydrogens is 528 g/mol. The van der Waals surface area contributed by atoms with Gasteiger partial charge >= 0.3 is 0 Å². The SMILES string of the molecule is CCc1nnc2sc(-c3ccc(C)c(NC(=S)NC(=O)C=Cc4ccc(-c5ccc(Cl)cc5)o4)c3)nn12. The molecule has 2 N–H and O–H groups in total. The van der Waals surface area contributed by atoms with E-state index in [1.807, 2.05) is 50.2 Å². The van der Waals surface area contributed by atoms with E-state index < -0.39 is 0 Å². The van der Waals surface area contributed by atoms with Crippen LogP contribution in [-0.2, 0) is 11.2 Å². The van der Waals surface area contributed by atoms with E-state index in [-0.39, 0.29) is 11.0 Å². The van der Waals surface area contributed by atoms with Crippen LogP contribution in [0.4, 0.5) is 5.69 Å². The molecule has 0 saturated heterocycles. The number of fused-ring (bicyclic) bond motifs is 1. The molecule has 3 aromatic heterocycles. The van der Waals surface area contributed by atoms with Crippen LogP contribution in [0.2, 0.25) is 5.02 Å². The minimum atomic E-state index is -0.378. The van der Waals surface area contributed by atoms with Crippen LogP contribution in [-0.4, -0.2) is 30.8 Å². The Balaban J connectivity index is 1.23. The van der Waals surface area contributed by atoms with Gasteiger partial charge in [0.05, 0.1) is 0 Å². The lowest BCUT2D eigenvalue weighted by Gasteiger charge is -2.12. The molecule has 5 aromatic rings. The van der Waals surface area contributed by atoms with Crippen LogP contribution in [0.1, 0.15) is 24.1 Å². The molecular formula is C26H21ClN6O2S2. The Kier molecular flexibility index (Phi) is 7.13. The summed E-state index contributed by atoms with van der Waals surface area (Å²) in [5.41, 5.74) is 3.55. The maximum absolute atomic E-state index is 12.4. The molecule has 0 atom stereocenters. The number of aryl methyl sites for hydroxylation is 2. The van der Waals surface area contributed by atoms with Crippen molar-refractivity contribution < 1.29 is 9.21 Å². The Hall–Kier alpha value is -3.86. The molecule has 186 valence electrons. The molecule has 0 unspecified atom stereocenters. The number of amides is 1. The highest BCUT2D eigenvalue weighted by Gasteiger charge is 2.13. The van der Waals surface area contributed by atoms with Crippen LogP contribution in [0.15, 0.2) is 65.1 Å². The first-order valence-corrected chi connectivity index (χ1v) is 13.0. The molecule has 0 aliphatic carbocycles. The molecule has 0 spiro atoms. The highest BCUT2D eigenvalue weighted by molar-refractivity contribution is 7.80. The summed E-state index contributed by atoms with van der Waals surface area (Å²) >= 11 is 12.8. The molecule has 3 heterocycles. The summed E-state index contributed by atoms with van der Waals surface area (Å²) in [5, 5.41) is 20.4. The lowest BCUT2D eigenvalue weighted by molar-refractivity contribution is -0.115. The second-order valence-electron chi connectivity index (χ2n) is 8.09. The van der Waals surface area contributed by atoms with E-state index in [0.29, 0.717) is 16.5 Å². The van der Waals surface area contributed by atoms with Crippen molar-refractivity contribution in [3.05, 3.63) is 82.8 Å². The van der Waals surface area contributed by atoms with Crippen molar-refractivity contribution in [1.29, 1.82) is 0 Å². The molecule has 0 fully saturated rings. The van der Waals surface area contributed by atoms with Gasteiger partial charge in [-0.25, -0.2) is 0 Å². The zero-order valence-electron chi connectivity index (χ0n) is 19.9. The summed E-state index contributed by atoms with van der Waals surface area (Å²) in [6.07, 6.45) is 3.70. The number of hydrogen-bond donors (Lipinski definition) is 2. The number of halogens is 1. The number of hydrogen-bond acceptors (Lipinski definition) is 7. The van der Waals surface area contributed by atoms with Gasteiger partial charge in [-0.3, -0.25) is 10.1 Å². The third-order valence-electron chi connectivity index (χ3n) is 5.50. The van der Waals surface area contributed by atoms with E-state index >= 15 is 0 Å². The number of rotatable bonds is 6. The maximum Gasteiger partial charge on any atom is 0.250 e. The first-order valence-electron chi connectivity index (χ1n) is 11.4. The third kappa shape index (κ3) is 5.61. The van der Waals surface area contributed by atoms with Gasteiger partial charge in [-0.05, 0) is 73.2 Å². The number of benzene rings is 2.